The van der Waals surface area contributed by atoms with E-state index in [1.54, 1.807) is 11.8 Å². The van der Waals surface area contributed by atoms with Gasteiger partial charge in [-0.25, -0.2) is 0 Å². The fraction of sp³-hybridized carbons (Fsp3) is 0.667. The Morgan fingerprint density at radius 3 is 3.56 bits per heavy atom. The van der Waals surface area contributed by atoms with Gasteiger partial charge in [-0.15, -0.1) is 0 Å². The summed E-state index contributed by atoms with van der Waals surface area (Å²) in [6.07, 6.45) is 2.99. The van der Waals surface area contributed by atoms with Gasteiger partial charge >= 0.3 is 0 Å². The number of thioether (sulfide) groups is 1. The molecule has 0 fully saturated rings. The second kappa shape index (κ2) is 2.14. The van der Waals surface area contributed by atoms with Gasteiger partial charge < -0.3 is 0 Å². The van der Waals surface area contributed by atoms with Gasteiger partial charge in [0.1, 0.15) is 5.55 Å². The van der Waals surface area contributed by atoms with E-state index in [0.29, 0.717) is 11.3 Å². The first kappa shape index (κ1) is 5.47. The zero-order chi connectivity index (χ0) is 6.10. The largest absolute Gasteiger partial charge is 0.296 e. The highest BCUT2D eigenvalue weighted by molar-refractivity contribution is 8.13. The lowest BCUT2D eigenvalue weighted by atomic mass is 10.1. The number of hydrogen-bond acceptors (Lipinski definition) is 3. The van der Waals surface area contributed by atoms with Crippen LogP contribution in [0.3, 0.4) is 0 Å². The molecule has 0 aliphatic carbocycles. The summed E-state index contributed by atoms with van der Waals surface area (Å²) in [5.74, 6) is 0. The highest BCUT2D eigenvalue weighted by Crippen LogP contribution is 2.25. The molecule has 0 saturated heterocycles. The van der Waals surface area contributed by atoms with Gasteiger partial charge in [0.15, 0.2) is 0 Å². The van der Waals surface area contributed by atoms with Gasteiger partial charge in [0, 0.05) is 12.6 Å². The number of fused-ring (bicyclic) bond motifs is 1. The minimum Gasteiger partial charge on any atom is -0.296 e. The summed E-state index contributed by atoms with van der Waals surface area (Å²) in [6, 6.07) is 0.493. The molecule has 1 radical (unpaired) electrons. The normalized spacial score (nSPS) is 39.1. The van der Waals surface area contributed by atoms with Crippen molar-refractivity contribution >= 4 is 23.5 Å². The average Bonchev–Trinajstić information content (AvgIpc) is 2.33. The van der Waals surface area contributed by atoms with Gasteiger partial charge in [-0.2, -0.15) is 0 Å². The van der Waals surface area contributed by atoms with Crippen LogP contribution in [0.5, 0.6) is 0 Å². The van der Waals surface area contributed by atoms with Crippen molar-refractivity contribution in [3.63, 3.8) is 0 Å². The van der Waals surface area contributed by atoms with Gasteiger partial charge in [-0.05, 0) is 0 Å². The molecule has 2 heterocycles. The Hall–Kier alpha value is -0.310. The smallest absolute Gasteiger partial charge is 0.123 e. The monoisotopic (exact) mass is 139 g/mol. The van der Waals surface area contributed by atoms with Crippen molar-refractivity contribution in [1.82, 2.24) is 0 Å². The zero-order valence-electron chi connectivity index (χ0n) is 4.95. The maximum atomic E-state index is 4.18. The molecule has 0 amide bonds. The van der Waals surface area contributed by atoms with Crippen LogP contribution in [0.1, 0.15) is 6.42 Å². The molecule has 0 aromatic carbocycles. The highest BCUT2D eigenvalue weighted by Gasteiger charge is 2.26. The zero-order valence-corrected chi connectivity index (χ0v) is 5.77. The minimum absolute atomic E-state index is 0.493. The summed E-state index contributed by atoms with van der Waals surface area (Å²) in [5, 5.41) is 0.606. The molecule has 0 spiro atoms. The molecule has 0 saturated carbocycles. The maximum Gasteiger partial charge on any atom is 0.123 e. The molecule has 2 aliphatic rings. The summed E-state index contributed by atoms with van der Waals surface area (Å²) in [7, 11) is 0. The minimum atomic E-state index is 0.493. The van der Waals surface area contributed by atoms with E-state index in [1.165, 1.54) is 0 Å². The van der Waals surface area contributed by atoms with E-state index in [9.17, 15) is 0 Å². The van der Waals surface area contributed by atoms with Crippen LogP contribution < -0.4 is 0 Å². The van der Waals surface area contributed by atoms with Gasteiger partial charge in [0.2, 0.25) is 0 Å². The topological polar surface area (TPSA) is 24.7 Å². The molecule has 0 bridgehead atoms. The van der Waals surface area contributed by atoms with Crippen LogP contribution in [0, 0.1) is 0 Å². The first-order chi connectivity index (χ1) is 4.47. The standard InChI is InChI=1S/C6H7N2S/c1-2-7-3-6-5(1)8-4-9-6/h2,5-6H,1,3H2. The number of nitrogens with zero attached hydrogens (tertiary/aromatic N) is 2. The molecule has 47 valence electrons. The van der Waals surface area contributed by atoms with Crippen LogP contribution in [0.2, 0.25) is 0 Å². The van der Waals surface area contributed by atoms with Crippen molar-refractivity contribution < 1.29 is 0 Å². The first-order valence-corrected chi connectivity index (χ1v) is 3.93. The SMILES string of the molecule is [C]1=NC2CC=NCC2S1. The molecule has 2 atom stereocenters. The molecule has 2 aliphatic heterocycles. The van der Waals surface area contributed by atoms with E-state index in [-0.39, 0.29) is 0 Å². The molecule has 0 aromatic rings. The summed E-state index contributed by atoms with van der Waals surface area (Å²) in [4.78, 5) is 8.35. The molecular weight excluding hydrogens is 132 g/mol. The second-order valence-corrected chi connectivity index (χ2v) is 3.25. The molecular formula is C6H7N2S. The third-order valence-electron chi connectivity index (χ3n) is 1.61. The van der Waals surface area contributed by atoms with E-state index in [1.807, 2.05) is 6.21 Å². The lowest BCUT2D eigenvalue weighted by Gasteiger charge is -2.16. The second-order valence-electron chi connectivity index (χ2n) is 2.23. The van der Waals surface area contributed by atoms with Crippen molar-refractivity contribution in [2.45, 2.75) is 17.7 Å². The third-order valence-corrected chi connectivity index (χ3v) is 2.59. The maximum absolute atomic E-state index is 4.18. The Morgan fingerprint density at radius 1 is 1.67 bits per heavy atom. The highest BCUT2D eigenvalue weighted by atomic mass is 32.2. The molecule has 9 heavy (non-hydrogen) atoms. The number of aliphatic imine (C=N–C) groups is 2. The lowest BCUT2D eigenvalue weighted by molar-refractivity contribution is 0.658. The predicted octanol–water partition coefficient (Wildman–Crippen LogP) is 0.850. The van der Waals surface area contributed by atoms with Crippen LogP contribution in [-0.4, -0.2) is 29.6 Å². The molecule has 2 rings (SSSR count). The van der Waals surface area contributed by atoms with Crippen molar-refractivity contribution in [1.29, 1.82) is 0 Å². The Morgan fingerprint density at radius 2 is 2.67 bits per heavy atom. The van der Waals surface area contributed by atoms with Crippen molar-refractivity contribution in [3.05, 3.63) is 0 Å². The Kier molecular flexibility index (Phi) is 1.30. The van der Waals surface area contributed by atoms with Crippen LogP contribution in [0.25, 0.3) is 0 Å². The van der Waals surface area contributed by atoms with Crippen molar-refractivity contribution in [3.8, 4) is 0 Å². The third kappa shape index (κ3) is 0.894. The van der Waals surface area contributed by atoms with Gasteiger partial charge in [0.05, 0.1) is 17.8 Å². The molecule has 2 unspecified atom stereocenters. The number of hydrogen-bond donors (Lipinski definition) is 0. The van der Waals surface area contributed by atoms with Crippen LogP contribution >= 0.6 is 11.8 Å². The quantitative estimate of drug-likeness (QED) is 0.488. The Bertz CT molecular complexity index is 164. The first-order valence-electron chi connectivity index (χ1n) is 3.05. The van der Waals surface area contributed by atoms with E-state index >= 15 is 0 Å². The predicted molar refractivity (Wildman–Crippen MR) is 40.6 cm³/mol. The number of rotatable bonds is 0. The fourth-order valence-corrected chi connectivity index (χ4v) is 1.87. The molecule has 0 aromatic heterocycles. The van der Waals surface area contributed by atoms with Crippen LogP contribution in [0.4, 0.5) is 0 Å². The van der Waals surface area contributed by atoms with Crippen LogP contribution in [-0.2, 0) is 0 Å². The van der Waals surface area contributed by atoms with E-state index in [2.05, 4.69) is 15.5 Å². The van der Waals surface area contributed by atoms with E-state index in [4.69, 9.17) is 0 Å². The van der Waals surface area contributed by atoms with Gasteiger partial charge in [-0.1, -0.05) is 11.8 Å². The van der Waals surface area contributed by atoms with Crippen molar-refractivity contribution in [2.24, 2.45) is 9.98 Å². The average molecular weight is 139 g/mol. The molecule has 0 N–H and O–H groups in total. The van der Waals surface area contributed by atoms with Gasteiger partial charge in [0.25, 0.3) is 0 Å². The van der Waals surface area contributed by atoms with Crippen molar-refractivity contribution in [2.75, 3.05) is 6.54 Å². The van der Waals surface area contributed by atoms with E-state index < -0.39 is 0 Å². The van der Waals surface area contributed by atoms with Crippen LogP contribution in [0.15, 0.2) is 9.98 Å². The summed E-state index contributed by atoms with van der Waals surface area (Å²) < 4.78 is 0. The molecule has 3 heteroatoms. The lowest BCUT2D eigenvalue weighted by Crippen LogP contribution is -2.24. The summed E-state index contributed by atoms with van der Waals surface area (Å²) in [5.41, 5.74) is 2.93. The molecule has 2 nitrogen and oxygen atoms in total. The van der Waals surface area contributed by atoms with E-state index in [0.717, 1.165) is 13.0 Å². The Balaban J connectivity index is 2.13. The Labute approximate surface area is 58.5 Å². The fourth-order valence-electron chi connectivity index (χ4n) is 1.05. The van der Waals surface area contributed by atoms with Gasteiger partial charge in [-0.3, -0.25) is 9.98 Å². The summed E-state index contributed by atoms with van der Waals surface area (Å²) in [6.45, 7) is 0.936. The summed E-state index contributed by atoms with van der Waals surface area (Å²) >= 11 is 1.70.